The summed E-state index contributed by atoms with van der Waals surface area (Å²) in [6.07, 6.45) is 0.808. The average molecular weight is 261 g/mol. The Balaban J connectivity index is 2.06. The number of rotatable bonds is 1. The van der Waals surface area contributed by atoms with Crippen molar-refractivity contribution in [2.24, 2.45) is 0 Å². The van der Waals surface area contributed by atoms with Crippen molar-refractivity contribution in [3.05, 3.63) is 35.9 Å². The predicted molar refractivity (Wildman–Crippen MR) is 76.2 cm³/mol. The lowest BCUT2D eigenvalue weighted by atomic mass is 9.93. The third-order valence-corrected chi connectivity index (χ3v) is 3.61. The highest BCUT2D eigenvalue weighted by Crippen LogP contribution is 2.33. The molecule has 1 amide bonds. The first-order chi connectivity index (χ1) is 8.88. The van der Waals surface area contributed by atoms with Crippen LogP contribution in [0.3, 0.4) is 0 Å². The number of hydrogen-bond donors (Lipinski definition) is 0. The lowest BCUT2D eigenvalue weighted by Crippen LogP contribution is -2.39. The summed E-state index contributed by atoms with van der Waals surface area (Å²) in [7, 11) is 0. The number of amides is 1. The highest BCUT2D eigenvalue weighted by Gasteiger charge is 2.36. The SMILES string of the molecule is C[C@H]1[C@@H](c2ccccc2)CCN1C(=O)OC(C)(C)C. The van der Waals surface area contributed by atoms with E-state index >= 15 is 0 Å². The van der Waals surface area contributed by atoms with Crippen LogP contribution < -0.4 is 0 Å². The number of ether oxygens (including phenoxy) is 1. The van der Waals surface area contributed by atoms with Crippen LogP contribution in [0, 0.1) is 0 Å². The molecule has 0 unspecified atom stereocenters. The minimum atomic E-state index is -0.429. The number of likely N-dealkylation sites (tertiary alicyclic amines) is 1. The van der Waals surface area contributed by atoms with Crippen LogP contribution in [0.2, 0.25) is 0 Å². The van der Waals surface area contributed by atoms with E-state index in [9.17, 15) is 4.79 Å². The van der Waals surface area contributed by atoms with Gasteiger partial charge in [0, 0.05) is 18.5 Å². The van der Waals surface area contributed by atoms with Gasteiger partial charge in [0.05, 0.1) is 0 Å². The molecule has 2 atom stereocenters. The summed E-state index contributed by atoms with van der Waals surface area (Å²) in [6, 6.07) is 10.6. The first kappa shape index (κ1) is 13.9. The van der Waals surface area contributed by atoms with Gasteiger partial charge >= 0.3 is 6.09 Å². The van der Waals surface area contributed by atoms with Crippen molar-refractivity contribution >= 4 is 6.09 Å². The molecule has 104 valence electrons. The van der Waals surface area contributed by atoms with Crippen molar-refractivity contribution in [2.75, 3.05) is 6.54 Å². The molecular formula is C16H23NO2. The molecule has 1 aromatic carbocycles. The zero-order valence-electron chi connectivity index (χ0n) is 12.2. The monoisotopic (exact) mass is 261 g/mol. The summed E-state index contributed by atoms with van der Waals surface area (Å²) in [5.74, 6) is 0.411. The lowest BCUT2D eigenvalue weighted by Gasteiger charge is -2.28. The van der Waals surface area contributed by atoms with Crippen molar-refractivity contribution in [3.63, 3.8) is 0 Å². The highest BCUT2D eigenvalue weighted by atomic mass is 16.6. The molecule has 1 saturated heterocycles. The van der Waals surface area contributed by atoms with Gasteiger partial charge in [0.1, 0.15) is 5.60 Å². The summed E-state index contributed by atoms with van der Waals surface area (Å²) in [5.41, 5.74) is 0.878. The number of carbonyl (C=O) groups excluding carboxylic acids is 1. The van der Waals surface area contributed by atoms with E-state index in [-0.39, 0.29) is 12.1 Å². The molecule has 1 fully saturated rings. The minimum absolute atomic E-state index is 0.192. The third-order valence-electron chi connectivity index (χ3n) is 3.61. The van der Waals surface area contributed by atoms with Crippen molar-refractivity contribution < 1.29 is 9.53 Å². The van der Waals surface area contributed by atoms with E-state index in [1.165, 1.54) is 5.56 Å². The standard InChI is InChI=1S/C16H23NO2/c1-12-14(13-8-6-5-7-9-13)10-11-17(12)15(18)19-16(2,3)4/h5-9,12,14H,10-11H2,1-4H3/t12-,14-/m0/s1. The summed E-state index contributed by atoms with van der Waals surface area (Å²) in [5, 5.41) is 0. The Morgan fingerprint density at radius 1 is 1.26 bits per heavy atom. The molecule has 1 aliphatic rings. The van der Waals surface area contributed by atoms with Crippen molar-refractivity contribution in [1.82, 2.24) is 4.90 Å². The van der Waals surface area contributed by atoms with E-state index in [2.05, 4.69) is 31.2 Å². The molecule has 0 N–H and O–H groups in total. The first-order valence-electron chi connectivity index (χ1n) is 6.93. The zero-order valence-corrected chi connectivity index (χ0v) is 12.2. The largest absolute Gasteiger partial charge is 0.444 e. The quantitative estimate of drug-likeness (QED) is 0.769. The number of hydrogen-bond acceptors (Lipinski definition) is 2. The summed E-state index contributed by atoms with van der Waals surface area (Å²) < 4.78 is 5.46. The van der Waals surface area contributed by atoms with Gasteiger partial charge in [0.25, 0.3) is 0 Å². The summed E-state index contributed by atoms with van der Waals surface area (Å²) in [6.45, 7) is 8.59. The Hall–Kier alpha value is -1.51. The van der Waals surface area contributed by atoms with Gasteiger partial charge in [0.15, 0.2) is 0 Å². The van der Waals surface area contributed by atoms with E-state index in [1.807, 2.05) is 31.7 Å². The lowest BCUT2D eigenvalue weighted by molar-refractivity contribution is 0.0233. The van der Waals surface area contributed by atoms with Crippen LogP contribution in [0.1, 0.15) is 45.6 Å². The van der Waals surface area contributed by atoms with Gasteiger partial charge in [-0.15, -0.1) is 0 Å². The fourth-order valence-electron chi connectivity index (χ4n) is 2.66. The molecule has 0 spiro atoms. The number of benzene rings is 1. The van der Waals surface area contributed by atoms with E-state index in [4.69, 9.17) is 4.74 Å². The topological polar surface area (TPSA) is 29.5 Å². The van der Waals surface area contributed by atoms with Crippen LogP contribution in [-0.2, 0) is 4.74 Å². The molecule has 3 heteroatoms. The molecule has 0 radical (unpaired) electrons. The van der Waals surface area contributed by atoms with Gasteiger partial charge in [0.2, 0.25) is 0 Å². The molecule has 2 rings (SSSR count). The third kappa shape index (κ3) is 3.28. The van der Waals surface area contributed by atoms with E-state index in [0.29, 0.717) is 5.92 Å². The molecule has 1 aliphatic heterocycles. The van der Waals surface area contributed by atoms with Gasteiger partial charge in [-0.2, -0.15) is 0 Å². The van der Waals surface area contributed by atoms with Crippen LogP contribution in [0.15, 0.2) is 30.3 Å². The van der Waals surface area contributed by atoms with Crippen LogP contribution in [0.5, 0.6) is 0 Å². The highest BCUT2D eigenvalue weighted by molar-refractivity contribution is 5.69. The molecule has 0 aliphatic carbocycles. The van der Waals surface area contributed by atoms with Crippen LogP contribution in [0.25, 0.3) is 0 Å². The van der Waals surface area contributed by atoms with Crippen molar-refractivity contribution in [3.8, 4) is 0 Å². The van der Waals surface area contributed by atoms with E-state index in [0.717, 1.165) is 13.0 Å². The van der Waals surface area contributed by atoms with Gasteiger partial charge in [-0.05, 0) is 39.7 Å². The summed E-state index contributed by atoms with van der Waals surface area (Å²) in [4.78, 5) is 14.0. The maximum absolute atomic E-state index is 12.2. The zero-order chi connectivity index (χ0) is 14.0. The molecular weight excluding hydrogens is 238 g/mol. The maximum atomic E-state index is 12.2. The first-order valence-corrected chi connectivity index (χ1v) is 6.93. The Morgan fingerprint density at radius 3 is 2.47 bits per heavy atom. The summed E-state index contributed by atoms with van der Waals surface area (Å²) >= 11 is 0. The molecule has 3 nitrogen and oxygen atoms in total. The van der Waals surface area contributed by atoms with Crippen LogP contribution >= 0.6 is 0 Å². The number of nitrogens with zero attached hydrogens (tertiary/aromatic N) is 1. The van der Waals surface area contributed by atoms with Gasteiger partial charge in [-0.1, -0.05) is 30.3 Å². The second-order valence-corrected chi connectivity index (χ2v) is 6.22. The molecule has 0 saturated carbocycles. The van der Waals surface area contributed by atoms with E-state index in [1.54, 1.807) is 0 Å². The van der Waals surface area contributed by atoms with Gasteiger partial charge in [-0.3, -0.25) is 0 Å². The van der Waals surface area contributed by atoms with Crippen molar-refractivity contribution in [2.45, 2.75) is 51.7 Å². The Bertz CT molecular complexity index is 436. The van der Waals surface area contributed by atoms with Gasteiger partial charge < -0.3 is 9.64 Å². The van der Waals surface area contributed by atoms with E-state index < -0.39 is 5.60 Å². The Kier molecular flexibility index (Phi) is 3.83. The normalized spacial score (nSPS) is 23.5. The minimum Gasteiger partial charge on any atom is -0.444 e. The second-order valence-electron chi connectivity index (χ2n) is 6.22. The smallest absolute Gasteiger partial charge is 0.410 e. The molecule has 19 heavy (non-hydrogen) atoms. The number of carbonyl (C=O) groups is 1. The second kappa shape index (κ2) is 5.24. The van der Waals surface area contributed by atoms with Crippen LogP contribution in [-0.4, -0.2) is 29.2 Å². The fourth-order valence-corrected chi connectivity index (χ4v) is 2.66. The average Bonchev–Trinajstić information content (AvgIpc) is 2.70. The van der Waals surface area contributed by atoms with Crippen LogP contribution in [0.4, 0.5) is 4.79 Å². The van der Waals surface area contributed by atoms with Crippen molar-refractivity contribution in [1.29, 1.82) is 0 Å². The fraction of sp³-hybridized carbons (Fsp3) is 0.562. The molecule has 1 heterocycles. The Labute approximate surface area is 115 Å². The molecule has 1 aromatic rings. The van der Waals surface area contributed by atoms with Gasteiger partial charge in [-0.25, -0.2) is 4.79 Å². The molecule has 0 bridgehead atoms. The predicted octanol–water partition coefficient (Wildman–Crippen LogP) is 3.80. The molecule has 0 aromatic heterocycles. The Morgan fingerprint density at radius 2 is 1.89 bits per heavy atom. The maximum Gasteiger partial charge on any atom is 0.410 e.